The quantitative estimate of drug-likeness (QED) is 0.642. The first-order valence-electron chi connectivity index (χ1n) is 5.58. The van der Waals surface area contributed by atoms with Gasteiger partial charge in [0, 0.05) is 0 Å². The molecule has 2 heteroatoms. The van der Waals surface area contributed by atoms with Gasteiger partial charge in [-0.2, -0.15) is 0 Å². The molecule has 0 aliphatic heterocycles. The first-order chi connectivity index (χ1) is 6.86. The normalized spacial score (nSPS) is 9.86. The summed E-state index contributed by atoms with van der Waals surface area (Å²) in [5.41, 5.74) is 0. The summed E-state index contributed by atoms with van der Waals surface area (Å²) >= 11 is -0.960. The zero-order chi connectivity index (χ0) is 10.2. The van der Waals surface area contributed by atoms with Crippen LogP contribution in [0.4, 0.5) is 0 Å². The van der Waals surface area contributed by atoms with Gasteiger partial charge in [-0.25, -0.2) is 0 Å². The third kappa shape index (κ3) is 4.18. The monoisotopic (exact) mass is 206 g/mol. The third-order valence-corrected chi connectivity index (χ3v) is 5.32. The second kappa shape index (κ2) is 6.93. The van der Waals surface area contributed by atoms with E-state index in [-0.39, 0.29) is 0 Å². The van der Waals surface area contributed by atoms with Crippen molar-refractivity contribution in [2.75, 3.05) is 0 Å². The second-order valence-electron chi connectivity index (χ2n) is 3.63. The van der Waals surface area contributed by atoms with Gasteiger partial charge in [0.25, 0.3) is 0 Å². The lowest BCUT2D eigenvalue weighted by Gasteiger charge is -2.13. The first kappa shape index (κ1) is 11.6. The van der Waals surface area contributed by atoms with Gasteiger partial charge in [0.15, 0.2) is 0 Å². The molecule has 0 bridgehead atoms. The number of hydrogen-bond donors (Lipinski definition) is 0. The van der Waals surface area contributed by atoms with Crippen molar-refractivity contribution in [3.8, 4) is 5.75 Å². The number of benzene rings is 1. The Balaban J connectivity index is 2.46. The van der Waals surface area contributed by atoms with E-state index in [1.165, 1.54) is 23.4 Å². The van der Waals surface area contributed by atoms with Crippen molar-refractivity contribution in [1.29, 1.82) is 0 Å². The molecular formula is C12H19AlO. The van der Waals surface area contributed by atoms with Crippen LogP contribution in [0.25, 0.3) is 0 Å². The average molecular weight is 206 g/mol. The molecule has 1 aromatic carbocycles. The fraction of sp³-hybridized carbons (Fsp3) is 0.500. The van der Waals surface area contributed by atoms with Crippen LogP contribution in [0.2, 0.25) is 10.6 Å². The van der Waals surface area contributed by atoms with Gasteiger partial charge in [-0.1, -0.05) is 55.5 Å². The molecule has 0 saturated heterocycles. The lowest BCUT2D eigenvalue weighted by molar-refractivity contribution is 0.558. The van der Waals surface area contributed by atoms with E-state index < -0.39 is 14.5 Å². The maximum absolute atomic E-state index is 6.03. The van der Waals surface area contributed by atoms with Gasteiger partial charge in [-0.3, -0.25) is 0 Å². The molecule has 0 amide bonds. The summed E-state index contributed by atoms with van der Waals surface area (Å²) in [5, 5.41) is 2.59. The molecule has 0 heterocycles. The van der Waals surface area contributed by atoms with Crippen LogP contribution in [0.3, 0.4) is 0 Å². The molecule has 1 nitrogen and oxygen atoms in total. The van der Waals surface area contributed by atoms with Crippen LogP contribution >= 0.6 is 0 Å². The predicted molar refractivity (Wildman–Crippen MR) is 63.0 cm³/mol. The minimum atomic E-state index is -0.960. The van der Waals surface area contributed by atoms with Gasteiger partial charge < -0.3 is 3.79 Å². The van der Waals surface area contributed by atoms with Crippen LogP contribution in [0.1, 0.15) is 26.7 Å². The number of rotatable bonds is 6. The highest BCUT2D eigenvalue weighted by atomic mass is 27.2. The van der Waals surface area contributed by atoms with Crippen molar-refractivity contribution in [3.05, 3.63) is 30.3 Å². The molecule has 0 spiro atoms. The fourth-order valence-electron chi connectivity index (χ4n) is 1.60. The Kier molecular flexibility index (Phi) is 5.75. The first-order valence-corrected chi connectivity index (χ1v) is 7.69. The maximum Gasteiger partial charge on any atom is 0.546 e. The van der Waals surface area contributed by atoms with E-state index in [1.807, 2.05) is 18.2 Å². The van der Waals surface area contributed by atoms with Crippen LogP contribution < -0.4 is 3.79 Å². The summed E-state index contributed by atoms with van der Waals surface area (Å²) in [5.74, 6) is 1.06. The summed E-state index contributed by atoms with van der Waals surface area (Å²) < 4.78 is 6.03. The lowest BCUT2D eigenvalue weighted by atomic mass is 10.3. The predicted octanol–water partition coefficient (Wildman–Crippen LogP) is 3.88. The zero-order valence-corrected chi connectivity index (χ0v) is 10.4. The largest absolute Gasteiger partial charge is 0.643 e. The van der Waals surface area contributed by atoms with Gasteiger partial charge in [-0.15, -0.1) is 0 Å². The molecule has 1 aromatic rings. The van der Waals surface area contributed by atoms with E-state index in [1.54, 1.807) is 0 Å². The Bertz CT molecular complexity index is 229. The summed E-state index contributed by atoms with van der Waals surface area (Å²) in [6.45, 7) is 4.48. The summed E-state index contributed by atoms with van der Waals surface area (Å²) in [6.07, 6.45) is 2.51. The molecule has 0 radical (unpaired) electrons. The number of hydrogen-bond acceptors (Lipinski definition) is 1. The molecule has 0 aliphatic rings. The highest BCUT2D eigenvalue weighted by Gasteiger charge is 2.20. The van der Waals surface area contributed by atoms with E-state index in [4.69, 9.17) is 3.79 Å². The van der Waals surface area contributed by atoms with Crippen LogP contribution in [0.5, 0.6) is 5.75 Å². The van der Waals surface area contributed by atoms with Crippen LogP contribution in [0.15, 0.2) is 30.3 Å². The summed E-state index contributed by atoms with van der Waals surface area (Å²) in [4.78, 5) is 0. The Hall–Kier alpha value is -0.448. The molecule has 0 fully saturated rings. The minimum absolute atomic E-state index is 0.960. The van der Waals surface area contributed by atoms with Crippen molar-refractivity contribution >= 4 is 14.5 Å². The van der Waals surface area contributed by atoms with Crippen LogP contribution in [-0.4, -0.2) is 14.5 Å². The SMILES string of the molecule is CC[CH2][Al]([CH2]CC)[O]c1ccccc1. The molecule has 76 valence electrons. The summed E-state index contributed by atoms with van der Waals surface area (Å²) in [6, 6.07) is 10.2. The number of para-hydroxylation sites is 1. The molecule has 1 rings (SSSR count). The van der Waals surface area contributed by atoms with E-state index in [0.717, 1.165) is 5.75 Å². The van der Waals surface area contributed by atoms with Gasteiger partial charge in [0.05, 0.1) is 5.75 Å². The molecular weight excluding hydrogens is 187 g/mol. The van der Waals surface area contributed by atoms with Crippen molar-refractivity contribution in [2.45, 2.75) is 37.3 Å². The van der Waals surface area contributed by atoms with Crippen LogP contribution in [0, 0.1) is 0 Å². The Labute approximate surface area is 91.8 Å². The van der Waals surface area contributed by atoms with Gasteiger partial charge in [-0.05, 0) is 12.1 Å². The second-order valence-corrected chi connectivity index (χ2v) is 6.26. The molecule has 0 atom stereocenters. The average Bonchev–Trinajstić information content (AvgIpc) is 2.20. The molecule has 0 aromatic heterocycles. The molecule has 14 heavy (non-hydrogen) atoms. The van der Waals surface area contributed by atoms with E-state index in [0.29, 0.717) is 0 Å². The van der Waals surface area contributed by atoms with E-state index in [9.17, 15) is 0 Å². The van der Waals surface area contributed by atoms with Crippen molar-refractivity contribution in [3.63, 3.8) is 0 Å². The van der Waals surface area contributed by atoms with Gasteiger partial charge >= 0.3 is 14.5 Å². The molecule has 0 unspecified atom stereocenters. The third-order valence-electron chi connectivity index (χ3n) is 2.27. The molecule has 0 saturated carbocycles. The minimum Gasteiger partial charge on any atom is -0.643 e. The zero-order valence-electron chi connectivity index (χ0n) is 9.20. The molecule has 0 aliphatic carbocycles. The smallest absolute Gasteiger partial charge is 0.546 e. The van der Waals surface area contributed by atoms with E-state index >= 15 is 0 Å². The fourth-order valence-corrected chi connectivity index (χ4v) is 3.95. The highest BCUT2D eigenvalue weighted by molar-refractivity contribution is 6.52. The Morgan fingerprint density at radius 1 is 1.00 bits per heavy atom. The molecule has 0 N–H and O–H groups in total. The Morgan fingerprint density at radius 2 is 1.57 bits per heavy atom. The standard InChI is InChI=1S/C6H6O.2C3H7.Al/c7-6-4-2-1-3-5-6;2*1-3-2;/h1-5,7H;2*1,3H2,2H3;/q;;;+1/p-1. The van der Waals surface area contributed by atoms with Crippen molar-refractivity contribution < 1.29 is 3.79 Å². The van der Waals surface area contributed by atoms with Crippen molar-refractivity contribution in [2.24, 2.45) is 0 Å². The Morgan fingerprint density at radius 3 is 2.07 bits per heavy atom. The van der Waals surface area contributed by atoms with Gasteiger partial charge in [0.1, 0.15) is 0 Å². The lowest BCUT2D eigenvalue weighted by Crippen LogP contribution is -2.20. The van der Waals surface area contributed by atoms with Crippen LogP contribution in [-0.2, 0) is 0 Å². The topological polar surface area (TPSA) is 9.23 Å². The van der Waals surface area contributed by atoms with E-state index in [2.05, 4.69) is 26.0 Å². The highest BCUT2D eigenvalue weighted by Crippen LogP contribution is 2.14. The van der Waals surface area contributed by atoms with Gasteiger partial charge in [0.2, 0.25) is 0 Å². The summed E-state index contributed by atoms with van der Waals surface area (Å²) in [7, 11) is 0. The van der Waals surface area contributed by atoms with Crippen molar-refractivity contribution in [1.82, 2.24) is 0 Å². The maximum atomic E-state index is 6.03.